The fraction of sp³-hybridized carbons (Fsp3) is 0.179. The third-order valence-electron chi connectivity index (χ3n) is 5.56. The van der Waals surface area contributed by atoms with Gasteiger partial charge in [-0.05, 0) is 41.5 Å². The summed E-state index contributed by atoms with van der Waals surface area (Å²) in [5, 5.41) is 0.599. The largest absolute Gasteiger partial charge is 0.493 e. The molecule has 0 amide bonds. The van der Waals surface area contributed by atoms with Gasteiger partial charge in [0.1, 0.15) is 23.1 Å². The average molecular weight is 491 g/mol. The molecule has 0 saturated heterocycles. The third kappa shape index (κ3) is 5.66. The number of benzene rings is 3. The lowest BCUT2D eigenvalue weighted by molar-refractivity contribution is -0.126. The lowest BCUT2D eigenvalue weighted by Crippen LogP contribution is -2.13. The van der Waals surface area contributed by atoms with Crippen molar-refractivity contribution in [1.82, 2.24) is 4.98 Å². The van der Waals surface area contributed by atoms with E-state index in [0.29, 0.717) is 33.7 Å². The number of fused-ring (bicyclic) bond motifs is 1. The van der Waals surface area contributed by atoms with E-state index in [9.17, 15) is 18.4 Å². The standard InChI is InChI=1S/C28H23F2NO5/c1-34-27-15-21-24(16-28(27)35-2)31-10-9-25(21)36-26-8-7-17(12-23(26)30)11-19(32)14-20(33)13-18-5-3-4-6-22(18)29/h3-10,12,15-16H,11,13-14H2,1-2H3. The highest BCUT2D eigenvalue weighted by Gasteiger charge is 2.16. The van der Waals surface area contributed by atoms with Gasteiger partial charge in [-0.15, -0.1) is 0 Å². The molecule has 0 N–H and O–H groups in total. The van der Waals surface area contributed by atoms with Gasteiger partial charge in [-0.2, -0.15) is 0 Å². The molecule has 0 saturated carbocycles. The van der Waals surface area contributed by atoms with E-state index in [4.69, 9.17) is 14.2 Å². The van der Waals surface area contributed by atoms with Gasteiger partial charge in [0.25, 0.3) is 0 Å². The highest BCUT2D eigenvalue weighted by Crippen LogP contribution is 2.37. The molecule has 36 heavy (non-hydrogen) atoms. The molecule has 6 nitrogen and oxygen atoms in total. The Morgan fingerprint density at radius 3 is 2.22 bits per heavy atom. The summed E-state index contributed by atoms with van der Waals surface area (Å²) in [6, 6.07) is 15.1. The molecule has 4 rings (SSSR count). The zero-order valence-corrected chi connectivity index (χ0v) is 19.7. The van der Waals surface area contributed by atoms with Crippen LogP contribution in [-0.4, -0.2) is 30.8 Å². The van der Waals surface area contributed by atoms with Crippen LogP contribution in [0.3, 0.4) is 0 Å². The molecule has 0 aliphatic rings. The quantitative estimate of drug-likeness (QED) is 0.268. The molecule has 3 aromatic carbocycles. The predicted octanol–water partition coefficient (Wildman–Crippen LogP) is 5.64. The first kappa shape index (κ1) is 24.8. The number of hydrogen-bond donors (Lipinski definition) is 0. The minimum absolute atomic E-state index is 0.0379. The molecule has 1 heterocycles. The Bertz CT molecular complexity index is 1440. The fourth-order valence-corrected chi connectivity index (χ4v) is 3.82. The van der Waals surface area contributed by atoms with Crippen molar-refractivity contribution in [2.75, 3.05) is 14.2 Å². The lowest BCUT2D eigenvalue weighted by Gasteiger charge is -2.13. The highest BCUT2D eigenvalue weighted by molar-refractivity contribution is 6.00. The number of aromatic nitrogens is 1. The summed E-state index contributed by atoms with van der Waals surface area (Å²) >= 11 is 0. The number of rotatable bonds is 10. The van der Waals surface area contributed by atoms with Gasteiger partial charge in [-0.1, -0.05) is 24.3 Å². The Kier molecular flexibility index (Phi) is 7.53. The molecular weight excluding hydrogens is 468 g/mol. The van der Waals surface area contributed by atoms with Crippen molar-refractivity contribution in [3.05, 3.63) is 89.6 Å². The van der Waals surface area contributed by atoms with Crippen molar-refractivity contribution in [2.24, 2.45) is 0 Å². The Morgan fingerprint density at radius 2 is 1.50 bits per heavy atom. The summed E-state index contributed by atoms with van der Waals surface area (Å²) in [7, 11) is 3.03. The van der Waals surface area contributed by atoms with Gasteiger partial charge in [0.15, 0.2) is 23.1 Å². The maximum absolute atomic E-state index is 14.8. The van der Waals surface area contributed by atoms with E-state index >= 15 is 0 Å². The second-order valence-corrected chi connectivity index (χ2v) is 8.10. The van der Waals surface area contributed by atoms with Crippen LogP contribution in [0.2, 0.25) is 0 Å². The van der Waals surface area contributed by atoms with Gasteiger partial charge in [-0.25, -0.2) is 8.78 Å². The Hall–Kier alpha value is -4.33. The number of carbonyl (C=O) groups is 2. The summed E-state index contributed by atoms with van der Waals surface area (Å²) in [6.07, 6.45) is 0.876. The van der Waals surface area contributed by atoms with E-state index in [1.165, 1.54) is 50.7 Å². The van der Waals surface area contributed by atoms with Crippen LogP contribution in [0.15, 0.2) is 66.9 Å². The van der Waals surface area contributed by atoms with Crippen molar-refractivity contribution in [1.29, 1.82) is 0 Å². The summed E-state index contributed by atoms with van der Waals surface area (Å²) in [5.41, 5.74) is 1.21. The number of ether oxygens (including phenoxy) is 3. The van der Waals surface area contributed by atoms with Gasteiger partial charge in [0, 0.05) is 30.5 Å². The van der Waals surface area contributed by atoms with Crippen LogP contribution in [0.25, 0.3) is 10.9 Å². The van der Waals surface area contributed by atoms with Crippen LogP contribution in [0.4, 0.5) is 8.78 Å². The Labute approximate surface area is 206 Å². The van der Waals surface area contributed by atoms with E-state index in [1.807, 2.05) is 0 Å². The molecule has 0 atom stereocenters. The second-order valence-electron chi connectivity index (χ2n) is 8.10. The maximum Gasteiger partial charge on any atom is 0.166 e. The smallest absolute Gasteiger partial charge is 0.166 e. The van der Waals surface area contributed by atoms with Crippen LogP contribution in [0.1, 0.15) is 17.5 Å². The molecule has 0 unspecified atom stereocenters. The van der Waals surface area contributed by atoms with Gasteiger partial charge < -0.3 is 14.2 Å². The normalized spacial score (nSPS) is 10.8. The minimum Gasteiger partial charge on any atom is -0.493 e. The van der Waals surface area contributed by atoms with Crippen LogP contribution in [0, 0.1) is 11.6 Å². The molecular formula is C28H23F2NO5. The first-order chi connectivity index (χ1) is 17.4. The van der Waals surface area contributed by atoms with Crippen LogP contribution in [-0.2, 0) is 22.4 Å². The maximum atomic E-state index is 14.8. The number of pyridine rings is 1. The van der Waals surface area contributed by atoms with E-state index in [1.54, 1.807) is 30.3 Å². The van der Waals surface area contributed by atoms with Crippen molar-refractivity contribution in [3.63, 3.8) is 0 Å². The molecule has 4 aromatic rings. The molecule has 0 spiro atoms. The molecule has 0 fully saturated rings. The molecule has 8 heteroatoms. The van der Waals surface area contributed by atoms with Crippen LogP contribution in [0.5, 0.6) is 23.0 Å². The van der Waals surface area contributed by atoms with Crippen molar-refractivity contribution in [3.8, 4) is 23.0 Å². The van der Waals surface area contributed by atoms with E-state index in [-0.39, 0.29) is 36.4 Å². The fourth-order valence-electron chi connectivity index (χ4n) is 3.82. The van der Waals surface area contributed by atoms with E-state index in [0.717, 1.165) is 0 Å². The second kappa shape index (κ2) is 10.9. The summed E-state index contributed by atoms with van der Waals surface area (Å²) < 4.78 is 45.0. The number of hydrogen-bond acceptors (Lipinski definition) is 6. The first-order valence-electron chi connectivity index (χ1n) is 11.1. The van der Waals surface area contributed by atoms with Crippen molar-refractivity contribution < 1.29 is 32.6 Å². The summed E-state index contributed by atoms with van der Waals surface area (Å²) in [6.45, 7) is 0. The monoisotopic (exact) mass is 491 g/mol. The van der Waals surface area contributed by atoms with E-state index in [2.05, 4.69) is 4.98 Å². The van der Waals surface area contributed by atoms with Gasteiger partial charge >= 0.3 is 0 Å². The minimum atomic E-state index is -0.663. The van der Waals surface area contributed by atoms with Crippen LogP contribution < -0.4 is 14.2 Å². The molecule has 0 radical (unpaired) electrons. The molecule has 0 aliphatic heterocycles. The highest BCUT2D eigenvalue weighted by atomic mass is 19.1. The zero-order chi connectivity index (χ0) is 25.7. The van der Waals surface area contributed by atoms with Gasteiger partial charge in [-0.3, -0.25) is 14.6 Å². The summed E-state index contributed by atoms with van der Waals surface area (Å²) in [4.78, 5) is 28.8. The predicted molar refractivity (Wildman–Crippen MR) is 130 cm³/mol. The molecule has 0 aliphatic carbocycles. The van der Waals surface area contributed by atoms with Gasteiger partial charge in [0.05, 0.1) is 26.2 Å². The van der Waals surface area contributed by atoms with Crippen LogP contribution >= 0.6 is 0 Å². The zero-order valence-electron chi connectivity index (χ0n) is 19.7. The van der Waals surface area contributed by atoms with Crippen molar-refractivity contribution >= 4 is 22.5 Å². The number of Topliss-reactive ketones (excluding diaryl/α,β-unsaturated/α-hetero) is 2. The Balaban J connectivity index is 1.45. The van der Waals surface area contributed by atoms with E-state index < -0.39 is 17.4 Å². The average Bonchev–Trinajstić information content (AvgIpc) is 2.86. The number of carbonyl (C=O) groups excluding carboxylic acids is 2. The first-order valence-corrected chi connectivity index (χ1v) is 11.1. The SMILES string of the molecule is COc1cc2nccc(Oc3ccc(CC(=O)CC(=O)Cc4ccccc4F)cc3F)c2cc1OC. The number of methoxy groups -OCH3 is 2. The number of halogens is 2. The third-order valence-corrected chi connectivity index (χ3v) is 5.56. The van der Waals surface area contributed by atoms with Gasteiger partial charge in [0.2, 0.25) is 0 Å². The summed E-state index contributed by atoms with van der Waals surface area (Å²) in [5.74, 6) is -0.637. The van der Waals surface area contributed by atoms with Crippen molar-refractivity contribution in [2.45, 2.75) is 19.3 Å². The molecule has 0 bridgehead atoms. The topological polar surface area (TPSA) is 74.7 Å². The molecule has 1 aromatic heterocycles. The Morgan fingerprint density at radius 1 is 0.778 bits per heavy atom. The number of nitrogens with zero attached hydrogens (tertiary/aromatic N) is 1. The number of ketones is 2. The molecule has 184 valence electrons. The lowest BCUT2D eigenvalue weighted by atomic mass is 10.0.